The van der Waals surface area contributed by atoms with E-state index in [-0.39, 0.29) is 32.8 Å². The minimum absolute atomic E-state index is 0. The second-order valence-corrected chi connectivity index (χ2v) is 1.19. The average molecular weight is 328 g/mol. The number of hydrogen-bond donors (Lipinski definition) is 1. The molecule has 7 heavy (non-hydrogen) atoms. The van der Waals surface area contributed by atoms with Crippen LogP contribution in [0.4, 0.5) is 0 Å². The third-order valence-electron chi connectivity index (χ3n) is 0. The van der Waals surface area contributed by atoms with Gasteiger partial charge in [-0.25, -0.2) is 0 Å². The molecular formula is H5ClO5Pb. The van der Waals surface area contributed by atoms with Gasteiger partial charge in [-0.15, -0.1) is 0 Å². The SMILES string of the molecule is O.[O-][Cl+3]([O-])([O-])O.[PbH2]. The van der Waals surface area contributed by atoms with Gasteiger partial charge in [-0.1, -0.05) is 0 Å². The summed E-state index contributed by atoms with van der Waals surface area (Å²) in [6, 6.07) is 0. The van der Waals surface area contributed by atoms with Gasteiger partial charge in [-0.05, 0) is 0 Å². The van der Waals surface area contributed by atoms with E-state index in [9.17, 15) is 0 Å². The summed E-state index contributed by atoms with van der Waals surface area (Å²) in [7, 11) is -4.69. The molecule has 0 spiro atoms. The van der Waals surface area contributed by atoms with Crippen LogP contribution in [0.2, 0.25) is 0 Å². The van der Waals surface area contributed by atoms with Gasteiger partial charge in [-0.2, -0.15) is 14.0 Å². The van der Waals surface area contributed by atoms with Gasteiger partial charge in [0.25, 0.3) is 0 Å². The molecule has 0 amide bonds. The van der Waals surface area contributed by atoms with Gasteiger partial charge in [0, 0.05) is 0 Å². The summed E-state index contributed by atoms with van der Waals surface area (Å²) in [4.78, 5) is 0. The molecule has 2 radical (unpaired) electrons. The Morgan fingerprint density at radius 3 is 1.14 bits per heavy atom. The van der Waals surface area contributed by atoms with Gasteiger partial charge < -0.3 is 5.48 Å². The average Bonchev–Trinajstić information content (AvgIpc) is 0.722. The molecule has 0 rings (SSSR count). The fourth-order valence-electron chi connectivity index (χ4n) is 0. The van der Waals surface area contributed by atoms with Crippen LogP contribution in [0, 0.1) is 10.2 Å². The van der Waals surface area contributed by atoms with Gasteiger partial charge >= 0.3 is 27.3 Å². The first kappa shape index (κ1) is 15.7. The summed E-state index contributed by atoms with van der Waals surface area (Å²) in [5.41, 5.74) is 0. The van der Waals surface area contributed by atoms with Gasteiger partial charge in [0.05, 0.1) is 14.9 Å². The fourth-order valence-corrected chi connectivity index (χ4v) is 0. The summed E-state index contributed by atoms with van der Waals surface area (Å²) >= 11 is 0. The Balaban J connectivity index is -0.0000000800. The molecule has 0 atom stereocenters. The quantitative estimate of drug-likeness (QED) is 0.445. The van der Waals surface area contributed by atoms with Crippen molar-refractivity contribution in [1.82, 2.24) is 0 Å². The predicted molar refractivity (Wildman–Crippen MR) is 14.4 cm³/mol. The zero-order valence-corrected chi connectivity index (χ0v) is 9.51. The van der Waals surface area contributed by atoms with Crippen LogP contribution in [0.15, 0.2) is 0 Å². The molecule has 0 aromatic heterocycles. The van der Waals surface area contributed by atoms with Gasteiger partial charge in [0.2, 0.25) is 0 Å². The molecule has 0 unspecified atom stereocenters. The molecule has 0 bridgehead atoms. The molecular weight excluding hydrogens is 323 g/mol. The van der Waals surface area contributed by atoms with E-state index in [1.54, 1.807) is 0 Å². The van der Waals surface area contributed by atoms with Crippen LogP contribution in [0.5, 0.6) is 0 Å². The summed E-state index contributed by atoms with van der Waals surface area (Å²) in [5.74, 6) is 0. The summed E-state index contributed by atoms with van der Waals surface area (Å²) in [6.45, 7) is 0. The van der Waals surface area contributed by atoms with Crippen molar-refractivity contribution in [3.63, 3.8) is 0 Å². The monoisotopic (exact) mass is 328 g/mol. The Morgan fingerprint density at radius 1 is 1.14 bits per heavy atom. The van der Waals surface area contributed by atoms with E-state index in [1.807, 2.05) is 0 Å². The zero-order chi connectivity index (χ0) is 4.50. The molecule has 0 aliphatic heterocycles. The van der Waals surface area contributed by atoms with Crippen molar-refractivity contribution in [1.29, 1.82) is 0 Å². The maximum atomic E-state index is 8.60. The molecule has 46 valence electrons. The van der Waals surface area contributed by atoms with Gasteiger partial charge in [0.15, 0.2) is 0 Å². The molecule has 0 aromatic carbocycles. The molecule has 7 heteroatoms. The van der Waals surface area contributed by atoms with Crippen molar-refractivity contribution in [2.75, 3.05) is 0 Å². The van der Waals surface area contributed by atoms with Crippen LogP contribution < -0.4 is 14.0 Å². The topological polar surface area (TPSA) is 121 Å². The van der Waals surface area contributed by atoms with Crippen LogP contribution in [-0.4, -0.2) is 37.4 Å². The first-order chi connectivity index (χ1) is 2.00. The van der Waals surface area contributed by atoms with Crippen molar-refractivity contribution in [2.24, 2.45) is 0 Å². The Hall–Kier alpha value is 1.01. The van der Waals surface area contributed by atoms with E-state index < -0.39 is 10.2 Å². The maximum absolute atomic E-state index is 8.60. The zero-order valence-electron chi connectivity index (χ0n) is 3.26. The number of hydrogen-bond acceptors (Lipinski definition) is 4. The third-order valence-corrected chi connectivity index (χ3v) is 0. The molecule has 0 saturated heterocycles. The molecule has 0 aliphatic carbocycles. The van der Waals surface area contributed by atoms with Gasteiger partial charge in [-0.3, -0.25) is 0 Å². The van der Waals surface area contributed by atoms with Crippen molar-refractivity contribution in [2.45, 2.75) is 0 Å². The number of rotatable bonds is 0. The Labute approximate surface area is 61.8 Å². The first-order valence-corrected chi connectivity index (χ1v) is 1.90. The predicted octanol–water partition coefficient (Wildman–Crippen LogP) is -5.86. The first-order valence-electron chi connectivity index (χ1n) is 0.632. The molecule has 0 heterocycles. The molecule has 0 fully saturated rings. The van der Waals surface area contributed by atoms with E-state index in [2.05, 4.69) is 0 Å². The molecule has 0 aromatic rings. The van der Waals surface area contributed by atoms with E-state index >= 15 is 0 Å². The molecule has 0 saturated carbocycles. The van der Waals surface area contributed by atoms with Crippen LogP contribution in [0.1, 0.15) is 0 Å². The summed E-state index contributed by atoms with van der Waals surface area (Å²) in [5, 5.41) is 0. The van der Waals surface area contributed by atoms with Crippen molar-refractivity contribution in [3.05, 3.63) is 0 Å². The van der Waals surface area contributed by atoms with E-state index in [1.165, 1.54) is 0 Å². The Kier molecular flexibility index (Phi) is 11.5. The van der Waals surface area contributed by atoms with Gasteiger partial charge in [0.1, 0.15) is 0 Å². The minimum atomic E-state index is -4.69. The molecule has 0 aliphatic rings. The van der Waals surface area contributed by atoms with Crippen molar-refractivity contribution in [3.8, 4) is 0 Å². The van der Waals surface area contributed by atoms with Crippen LogP contribution in [0.25, 0.3) is 0 Å². The van der Waals surface area contributed by atoms with E-state index in [4.69, 9.17) is 18.6 Å². The molecule has 5 nitrogen and oxygen atoms in total. The second kappa shape index (κ2) is 5.15. The van der Waals surface area contributed by atoms with E-state index in [0.29, 0.717) is 0 Å². The van der Waals surface area contributed by atoms with E-state index in [0.717, 1.165) is 0 Å². The molecule has 3 N–H and O–H groups in total. The second-order valence-electron chi connectivity index (χ2n) is 0.396. The standard InChI is InChI=1S/ClHO4.H2O.Pb.2H/c2-1(3,4)5;;;;/h(H,2,3,4,5);1H2;;;. The Morgan fingerprint density at radius 2 is 1.14 bits per heavy atom. The van der Waals surface area contributed by atoms with Crippen LogP contribution in [-0.2, 0) is 0 Å². The van der Waals surface area contributed by atoms with Crippen LogP contribution >= 0.6 is 0 Å². The fraction of sp³-hybridized carbons (Fsp3) is 0. The third kappa shape index (κ3) is 172. The van der Waals surface area contributed by atoms with Crippen molar-refractivity contribution < 1.29 is 34.4 Å². The number of halogens is 1. The summed E-state index contributed by atoms with van der Waals surface area (Å²) in [6.07, 6.45) is 0. The van der Waals surface area contributed by atoms with Crippen LogP contribution in [0.3, 0.4) is 0 Å². The van der Waals surface area contributed by atoms with Crippen molar-refractivity contribution >= 4 is 27.3 Å². The Bertz CT molecular complexity index is 23.6. The summed E-state index contributed by atoms with van der Waals surface area (Å²) < 4.78 is 32.7. The normalized spacial score (nSPS) is 8.57.